The minimum absolute atomic E-state index is 0.0853. The van der Waals surface area contributed by atoms with Gasteiger partial charge in [-0.15, -0.1) is 0 Å². The van der Waals surface area contributed by atoms with Crippen LogP contribution in [-0.4, -0.2) is 49.2 Å². The molecular formula is C14H16FNO5. The number of carbonyl (C=O) groups excluding carboxylic acids is 1. The molecule has 0 aromatic heterocycles. The second-order valence-corrected chi connectivity index (χ2v) is 4.76. The van der Waals surface area contributed by atoms with Crippen molar-refractivity contribution >= 4 is 11.9 Å². The Kier molecular flexibility index (Phi) is 4.30. The lowest BCUT2D eigenvalue weighted by atomic mass is 10.1. The number of carbonyl (C=O) groups is 2. The number of halogens is 1. The van der Waals surface area contributed by atoms with E-state index < -0.39 is 23.6 Å². The van der Waals surface area contributed by atoms with E-state index in [-0.39, 0.29) is 23.6 Å². The zero-order valence-corrected chi connectivity index (χ0v) is 11.8. The van der Waals surface area contributed by atoms with Gasteiger partial charge in [-0.05, 0) is 12.5 Å². The Labute approximate surface area is 121 Å². The molecule has 1 aliphatic heterocycles. The van der Waals surface area contributed by atoms with Gasteiger partial charge in [0.05, 0.1) is 25.7 Å². The van der Waals surface area contributed by atoms with E-state index in [0.29, 0.717) is 13.0 Å². The normalized spacial score (nSPS) is 17.7. The van der Waals surface area contributed by atoms with Gasteiger partial charge in [0.2, 0.25) is 0 Å². The number of carboxylic acid groups (broad SMARTS) is 1. The fourth-order valence-corrected chi connectivity index (χ4v) is 2.33. The first-order chi connectivity index (χ1) is 9.97. The van der Waals surface area contributed by atoms with E-state index in [0.717, 1.165) is 6.07 Å². The highest BCUT2D eigenvalue weighted by atomic mass is 19.1. The molecule has 1 aromatic carbocycles. The highest BCUT2D eigenvalue weighted by Gasteiger charge is 2.32. The van der Waals surface area contributed by atoms with Crippen LogP contribution in [0.2, 0.25) is 0 Å². The molecule has 21 heavy (non-hydrogen) atoms. The molecule has 1 aliphatic rings. The number of rotatable bonds is 4. The molecule has 1 aromatic rings. The van der Waals surface area contributed by atoms with Gasteiger partial charge in [0.1, 0.15) is 5.82 Å². The predicted octanol–water partition coefficient (Wildman–Crippen LogP) is 1.39. The topological polar surface area (TPSA) is 76.1 Å². The lowest BCUT2D eigenvalue weighted by molar-refractivity contribution is -0.141. The van der Waals surface area contributed by atoms with Crippen LogP contribution in [0.5, 0.6) is 11.5 Å². The molecule has 0 spiro atoms. The van der Waals surface area contributed by atoms with Crippen molar-refractivity contribution in [2.45, 2.75) is 6.42 Å². The number of likely N-dealkylation sites (tertiary alicyclic amines) is 1. The highest BCUT2D eigenvalue weighted by molar-refractivity contribution is 5.95. The molecule has 0 radical (unpaired) electrons. The van der Waals surface area contributed by atoms with E-state index in [1.165, 1.54) is 25.2 Å². The van der Waals surface area contributed by atoms with Crippen molar-refractivity contribution in [1.82, 2.24) is 4.90 Å². The number of hydrogen-bond acceptors (Lipinski definition) is 4. The lowest BCUT2D eigenvalue weighted by Gasteiger charge is -2.17. The van der Waals surface area contributed by atoms with Crippen molar-refractivity contribution in [3.8, 4) is 11.5 Å². The average molecular weight is 297 g/mol. The smallest absolute Gasteiger partial charge is 0.308 e. The maximum atomic E-state index is 14.0. The van der Waals surface area contributed by atoms with Gasteiger partial charge in [0.25, 0.3) is 5.91 Å². The molecule has 1 N–H and O–H groups in total. The van der Waals surface area contributed by atoms with Crippen LogP contribution in [0, 0.1) is 11.7 Å². The highest BCUT2D eigenvalue weighted by Crippen LogP contribution is 2.31. The lowest BCUT2D eigenvalue weighted by Crippen LogP contribution is -2.30. The van der Waals surface area contributed by atoms with Crippen LogP contribution in [0.25, 0.3) is 0 Å². The van der Waals surface area contributed by atoms with Gasteiger partial charge in [0, 0.05) is 19.2 Å². The molecule has 1 amide bonds. The van der Waals surface area contributed by atoms with Crippen molar-refractivity contribution < 1.29 is 28.6 Å². The van der Waals surface area contributed by atoms with Crippen LogP contribution in [0.4, 0.5) is 4.39 Å². The standard InChI is InChI=1S/C14H16FNO5/c1-20-11-5-9(10(15)6-12(11)21-2)13(17)16-4-3-8(7-16)14(18)19/h5-6,8H,3-4,7H2,1-2H3,(H,18,19). The van der Waals surface area contributed by atoms with E-state index in [4.69, 9.17) is 14.6 Å². The Bertz CT molecular complexity index is 575. The summed E-state index contributed by atoms with van der Waals surface area (Å²) < 4.78 is 24.0. The first-order valence-corrected chi connectivity index (χ1v) is 6.41. The molecule has 1 atom stereocenters. The molecule has 1 saturated heterocycles. The molecule has 1 fully saturated rings. The Morgan fingerprint density at radius 2 is 1.90 bits per heavy atom. The van der Waals surface area contributed by atoms with Gasteiger partial charge in [0.15, 0.2) is 11.5 Å². The number of nitrogens with zero attached hydrogens (tertiary/aromatic N) is 1. The largest absolute Gasteiger partial charge is 0.493 e. The summed E-state index contributed by atoms with van der Waals surface area (Å²) in [6.45, 7) is 0.380. The van der Waals surface area contributed by atoms with Crippen LogP contribution in [0.1, 0.15) is 16.8 Å². The van der Waals surface area contributed by atoms with Gasteiger partial charge in [-0.3, -0.25) is 9.59 Å². The summed E-state index contributed by atoms with van der Waals surface area (Å²) in [4.78, 5) is 24.5. The van der Waals surface area contributed by atoms with Gasteiger partial charge < -0.3 is 19.5 Å². The van der Waals surface area contributed by atoms with Gasteiger partial charge in [-0.1, -0.05) is 0 Å². The van der Waals surface area contributed by atoms with Crippen molar-refractivity contribution in [2.24, 2.45) is 5.92 Å². The van der Waals surface area contributed by atoms with E-state index in [1.807, 2.05) is 0 Å². The zero-order chi connectivity index (χ0) is 15.6. The molecule has 7 heteroatoms. The second-order valence-electron chi connectivity index (χ2n) is 4.76. The molecule has 0 bridgehead atoms. The maximum Gasteiger partial charge on any atom is 0.308 e. The quantitative estimate of drug-likeness (QED) is 0.909. The Balaban J connectivity index is 2.26. The summed E-state index contributed by atoms with van der Waals surface area (Å²) in [5, 5.41) is 8.94. The first kappa shape index (κ1) is 15.1. The summed E-state index contributed by atoms with van der Waals surface area (Å²) in [6, 6.07) is 2.35. The number of methoxy groups -OCH3 is 2. The van der Waals surface area contributed by atoms with Crippen LogP contribution < -0.4 is 9.47 Å². The molecular weight excluding hydrogens is 281 g/mol. The Morgan fingerprint density at radius 3 is 2.43 bits per heavy atom. The molecule has 6 nitrogen and oxygen atoms in total. The zero-order valence-electron chi connectivity index (χ0n) is 11.8. The second kappa shape index (κ2) is 5.99. The minimum Gasteiger partial charge on any atom is -0.493 e. The summed E-state index contributed by atoms with van der Waals surface area (Å²) in [6.07, 6.45) is 0.371. The van der Waals surface area contributed by atoms with Gasteiger partial charge in [-0.25, -0.2) is 4.39 Å². The third-order valence-electron chi connectivity index (χ3n) is 3.53. The number of amides is 1. The number of ether oxygens (including phenoxy) is 2. The minimum atomic E-state index is -0.946. The maximum absolute atomic E-state index is 14.0. The monoisotopic (exact) mass is 297 g/mol. The first-order valence-electron chi connectivity index (χ1n) is 6.41. The third kappa shape index (κ3) is 2.91. The average Bonchev–Trinajstić information content (AvgIpc) is 2.96. The van der Waals surface area contributed by atoms with Gasteiger partial charge in [-0.2, -0.15) is 0 Å². The molecule has 1 heterocycles. The molecule has 1 unspecified atom stereocenters. The fourth-order valence-electron chi connectivity index (χ4n) is 2.33. The number of hydrogen-bond donors (Lipinski definition) is 1. The molecule has 0 saturated carbocycles. The summed E-state index contributed by atoms with van der Waals surface area (Å²) in [5.74, 6) is -2.38. The van der Waals surface area contributed by atoms with Crippen LogP contribution in [-0.2, 0) is 4.79 Å². The van der Waals surface area contributed by atoms with Crippen LogP contribution in [0.3, 0.4) is 0 Å². The number of benzene rings is 1. The van der Waals surface area contributed by atoms with Crippen LogP contribution in [0.15, 0.2) is 12.1 Å². The van der Waals surface area contributed by atoms with Crippen molar-refractivity contribution in [1.29, 1.82) is 0 Å². The SMILES string of the molecule is COc1cc(F)c(C(=O)N2CCC(C(=O)O)C2)cc1OC. The van der Waals surface area contributed by atoms with E-state index in [1.54, 1.807) is 0 Å². The summed E-state index contributed by atoms with van der Waals surface area (Å²) >= 11 is 0. The fraction of sp³-hybridized carbons (Fsp3) is 0.429. The number of aliphatic carboxylic acids is 1. The molecule has 2 rings (SSSR count). The van der Waals surface area contributed by atoms with E-state index >= 15 is 0 Å². The van der Waals surface area contributed by atoms with Crippen molar-refractivity contribution in [3.05, 3.63) is 23.5 Å². The predicted molar refractivity (Wildman–Crippen MR) is 71.2 cm³/mol. The van der Waals surface area contributed by atoms with E-state index in [9.17, 15) is 14.0 Å². The summed E-state index contributed by atoms with van der Waals surface area (Å²) in [7, 11) is 2.76. The third-order valence-corrected chi connectivity index (χ3v) is 3.53. The molecule has 0 aliphatic carbocycles. The number of carboxylic acids is 1. The van der Waals surface area contributed by atoms with Crippen molar-refractivity contribution in [3.63, 3.8) is 0 Å². The van der Waals surface area contributed by atoms with Crippen molar-refractivity contribution in [2.75, 3.05) is 27.3 Å². The Morgan fingerprint density at radius 1 is 1.29 bits per heavy atom. The summed E-state index contributed by atoms with van der Waals surface area (Å²) in [5.41, 5.74) is -0.154. The van der Waals surface area contributed by atoms with Gasteiger partial charge >= 0.3 is 5.97 Å². The van der Waals surface area contributed by atoms with Crippen LogP contribution >= 0.6 is 0 Å². The Hall–Kier alpha value is -2.31. The molecule has 114 valence electrons. The van der Waals surface area contributed by atoms with E-state index in [2.05, 4.69) is 0 Å².